The Kier molecular flexibility index (Phi) is 9.97. The molecule has 0 bridgehead atoms. The number of unbranched alkanes of at least 4 members (excludes halogenated alkanes) is 6. The van der Waals surface area contributed by atoms with Gasteiger partial charge in [0.2, 0.25) is 12.5 Å². The third-order valence-electron chi connectivity index (χ3n) is 7.80. The quantitative estimate of drug-likeness (QED) is 0.258. The Balaban J connectivity index is 0.00000336. The van der Waals surface area contributed by atoms with Gasteiger partial charge in [0, 0.05) is 18.5 Å². The summed E-state index contributed by atoms with van der Waals surface area (Å²) in [5.74, 6) is 2.62. The molecule has 2 aliphatic heterocycles. The van der Waals surface area contributed by atoms with Gasteiger partial charge in [0.15, 0.2) is 24.2 Å². The van der Waals surface area contributed by atoms with Crippen molar-refractivity contribution in [3.63, 3.8) is 0 Å². The number of nitrogens with one attached hydrogen (secondary N) is 1. The molecule has 3 N–H and O–H groups in total. The summed E-state index contributed by atoms with van der Waals surface area (Å²) in [4.78, 5) is 0. The highest BCUT2D eigenvalue weighted by molar-refractivity contribution is 6.00. The van der Waals surface area contributed by atoms with Crippen molar-refractivity contribution in [3.05, 3.63) is 41.6 Å². The first-order chi connectivity index (χ1) is 18.2. The maximum absolute atomic E-state index is 5.81. The summed E-state index contributed by atoms with van der Waals surface area (Å²) >= 11 is 0. The van der Waals surface area contributed by atoms with E-state index in [1.165, 1.54) is 71.7 Å². The Hall–Kier alpha value is -2.70. The SMILES string of the molecule is CCCCCCCCc1c2[n+](cc3c(NCCCCN)c(OC)ccc13)CCc1cc3c(cc1-2)OCO3.[Cl-]. The van der Waals surface area contributed by atoms with Crippen LogP contribution in [0.25, 0.3) is 22.0 Å². The summed E-state index contributed by atoms with van der Waals surface area (Å²) in [6, 6.07) is 8.78. The van der Waals surface area contributed by atoms with Gasteiger partial charge in [-0.05, 0) is 67.4 Å². The van der Waals surface area contributed by atoms with Gasteiger partial charge in [-0.2, -0.15) is 4.57 Å². The number of methoxy groups -OCH3 is 1. The lowest BCUT2D eigenvalue weighted by molar-refractivity contribution is -0.686. The van der Waals surface area contributed by atoms with Crippen molar-refractivity contribution in [1.82, 2.24) is 0 Å². The fraction of sp³-hybridized carbons (Fsp3) is 0.516. The number of fused-ring (bicyclic) bond motifs is 5. The number of rotatable bonds is 13. The molecule has 1 aromatic heterocycles. The topological polar surface area (TPSA) is 69.6 Å². The zero-order chi connectivity index (χ0) is 25.6. The number of halogens is 1. The third kappa shape index (κ3) is 5.81. The highest BCUT2D eigenvalue weighted by Crippen LogP contribution is 2.43. The fourth-order valence-electron chi connectivity index (χ4n) is 5.83. The number of ether oxygens (including phenoxy) is 3. The summed E-state index contributed by atoms with van der Waals surface area (Å²) in [5.41, 5.74) is 12.2. The van der Waals surface area contributed by atoms with Crippen LogP contribution in [0.4, 0.5) is 5.69 Å². The van der Waals surface area contributed by atoms with E-state index >= 15 is 0 Å². The van der Waals surface area contributed by atoms with E-state index in [-0.39, 0.29) is 12.4 Å². The van der Waals surface area contributed by atoms with E-state index < -0.39 is 0 Å². The summed E-state index contributed by atoms with van der Waals surface area (Å²) < 4.78 is 19.8. The maximum Gasteiger partial charge on any atom is 0.231 e. The first-order valence-corrected chi connectivity index (χ1v) is 14.2. The van der Waals surface area contributed by atoms with Gasteiger partial charge < -0.3 is 37.7 Å². The molecule has 206 valence electrons. The van der Waals surface area contributed by atoms with Crippen molar-refractivity contribution in [3.8, 4) is 28.5 Å². The molecule has 7 heteroatoms. The molecule has 0 unspecified atom stereocenters. The summed E-state index contributed by atoms with van der Waals surface area (Å²) in [6.45, 7) is 5.13. The van der Waals surface area contributed by atoms with Gasteiger partial charge in [-0.15, -0.1) is 0 Å². The number of nitrogens with two attached hydrogens (primary N) is 1. The molecule has 5 rings (SSSR count). The highest BCUT2D eigenvalue weighted by atomic mass is 35.5. The average Bonchev–Trinajstić information content (AvgIpc) is 3.38. The van der Waals surface area contributed by atoms with Crippen molar-refractivity contribution in [2.45, 2.75) is 77.7 Å². The second kappa shape index (κ2) is 13.4. The molecule has 0 aliphatic carbocycles. The van der Waals surface area contributed by atoms with Crippen LogP contribution in [0.2, 0.25) is 0 Å². The minimum atomic E-state index is 0. The molecule has 2 aliphatic rings. The van der Waals surface area contributed by atoms with Gasteiger partial charge in [-0.25, -0.2) is 0 Å². The standard InChI is InChI=1S/C31H41N3O3.ClH/c1-3-4-5-6-7-8-11-24-23-12-13-27(35-2)30(33-16-10-9-15-32)26(23)20-34-17-14-22-18-28-29(37-21-36-28)19-25(22)31(24)34;/h12-13,18-20H,3-11,14-17,21,32H2,1-2H3;1H. The van der Waals surface area contributed by atoms with Crippen LogP contribution in [0.1, 0.15) is 69.4 Å². The molecule has 0 atom stereocenters. The Morgan fingerprint density at radius 1 is 0.974 bits per heavy atom. The molecule has 0 saturated carbocycles. The number of pyridine rings is 1. The lowest BCUT2D eigenvalue weighted by Gasteiger charge is -2.21. The van der Waals surface area contributed by atoms with E-state index in [0.29, 0.717) is 6.79 Å². The van der Waals surface area contributed by atoms with Crippen LogP contribution in [0.15, 0.2) is 30.5 Å². The molecule has 38 heavy (non-hydrogen) atoms. The van der Waals surface area contributed by atoms with E-state index in [9.17, 15) is 0 Å². The van der Waals surface area contributed by atoms with Crippen LogP contribution in [0, 0.1) is 0 Å². The van der Waals surface area contributed by atoms with Crippen LogP contribution in [-0.2, 0) is 19.4 Å². The van der Waals surface area contributed by atoms with E-state index in [0.717, 1.165) is 68.3 Å². The Morgan fingerprint density at radius 3 is 2.55 bits per heavy atom. The fourth-order valence-corrected chi connectivity index (χ4v) is 5.83. The third-order valence-corrected chi connectivity index (χ3v) is 7.80. The monoisotopic (exact) mass is 539 g/mol. The van der Waals surface area contributed by atoms with Gasteiger partial charge in [-0.3, -0.25) is 0 Å². The van der Waals surface area contributed by atoms with Crippen molar-refractivity contribution < 1.29 is 31.2 Å². The number of benzene rings is 2. The Bertz CT molecular complexity index is 1250. The summed E-state index contributed by atoms with van der Waals surface area (Å²) in [6.07, 6.45) is 14.1. The van der Waals surface area contributed by atoms with Crippen molar-refractivity contribution >= 4 is 16.5 Å². The van der Waals surface area contributed by atoms with Gasteiger partial charge in [-0.1, -0.05) is 39.0 Å². The van der Waals surface area contributed by atoms with Crippen LogP contribution >= 0.6 is 0 Å². The molecule has 0 radical (unpaired) electrons. The molecule has 0 amide bonds. The molecule has 0 spiro atoms. The van der Waals surface area contributed by atoms with Gasteiger partial charge in [0.25, 0.3) is 0 Å². The van der Waals surface area contributed by atoms with Crippen LogP contribution in [0.3, 0.4) is 0 Å². The number of aromatic nitrogens is 1. The number of hydrogen-bond donors (Lipinski definition) is 2. The summed E-state index contributed by atoms with van der Waals surface area (Å²) in [7, 11) is 1.76. The largest absolute Gasteiger partial charge is 1.00 e. The smallest absolute Gasteiger partial charge is 0.231 e. The molecule has 2 aromatic carbocycles. The number of nitrogens with zero attached hydrogens (tertiary/aromatic N) is 1. The highest BCUT2D eigenvalue weighted by Gasteiger charge is 2.32. The molecular weight excluding hydrogens is 498 g/mol. The molecule has 0 saturated heterocycles. The van der Waals surface area contributed by atoms with E-state index in [1.54, 1.807) is 7.11 Å². The predicted octanol–water partition coefficient (Wildman–Crippen LogP) is 3.15. The second-order valence-electron chi connectivity index (χ2n) is 10.3. The zero-order valence-electron chi connectivity index (χ0n) is 22.9. The normalized spacial score (nSPS) is 13.1. The van der Waals surface area contributed by atoms with Gasteiger partial charge >= 0.3 is 0 Å². The van der Waals surface area contributed by atoms with Crippen molar-refractivity contribution in [1.29, 1.82) is 0 Å². The molecule has 6 nitrogen and oxygen atoms in total. The van der Waals surface area contributed by atoms with E-state index in [2.05, 4.69) is 47.3 Å². The van der Waals surface area contributed by atoms with Crippen LogP contribution in [-0.4, -0.2) is 27.0 Å². The van der Waals surface area contributed by atoms with Crippen LogP contribution < -0.4 is 42.2 Å². The predicted molar refractivity (Wildman–Crippen MR) is 150 cm³/mol. The minimum absolute atomic E-state index is 0. The Labute approximate surface area is 233 Å². The first-order valence-electron chi connectivity index (χ1n) is 14.2. The minimum Gasteiger partial charge on any atom is -1.00 e. The maximum atomic E-state index is 5.81. The van der Waals surface area contributed by atoms with Crippen LogP contribution in [0.5, 0.6) is 17.2 Å². The molecule has 3 aromatic rings. The lowest BCUT2D eigenvalue weighted by atomic mass is 9.89. The lowest BCUT2D eigenvalue weighted by Crippen LogP contribution is -3.00. The number of anilines is 1. The van der Waals surface area contributed by atoms with E-state index in [1.807, 2.05) is 0 Å². The Morgan fingerprint density at radius 2 is 1.76 bits per heavy atom. The van der Waals surface area contributed by atoms with Gasteiger partial charge in [0.1, 0.15) is 5.75 Å². The van der Waals surface area contributed by atoms with Crippen molar-refractivity contribution in [2.75, 3.05) is 32.3 Å². The van der Waals surface area contributed by atoms with E-state index in [4.69, 9.17) is 19.9 Å². The molecule has 3 heterocycles. The second-order valence-corrected chi connectivity index (χ2v) is 10.3. The molecular formula is C31H42ClN3O3. The first kappa shape index (κ1) is 28.3. The van der Waals surface area contributed by atoms with Crippen molar-refractivity contribution in [2.24, 2.45) is 5.73 Å². The number of hydrogen-bond acceptors (Lipinski definition) is 5. The number of aryl methyl sites for hydroxylation is 3. The summed E-state index contributed by atoms with van der Waals surface area (Å²) in [5, 5.41) is 6.24. The zero-order valence-corrected chi connectivity index (χ0v) is 23.7. The molecule has 0 fully saturated rings. The average molecular weight is 540 g/mol. The van der Waals surface area contributed by atoms with Gasteiger partial charge in [0.05, 0.1) is 23.7 Å².